The van der Waals surface area contributed by atoms with E-state index in [1.54, 1.807) is 25.2 Å². The van der Waals surface area contributed by atoms with Crippen molar-refractivity contribution in [3.63, 3.8) is 0 Å². The van der Waals surface area contributed by atoms with Crippen molar-refractivity contribution in [3.05, 3.63) is 48.3 Å². The number of anilines is 3. The Bertz CT molecular complexity index is 747. The fourth-order valence-electron chi connectivity index (χ4n) is 1.84. The SMILES string of the molecule is CN(c1cc(S(N)(=O)=O)ccc1N)c1ccccc1F. The minimum absolute atomic E-state index is 0.0788. The first-order chi connectivity index (χ1) is 9.30. The summed E-state index contributed by atoms with van der Waals surface area (Å²) in [5, 5.41) is 5.08. The first-order valence-corrected chi connectivity index (χ1v) is 7.26. The lowest BCUT2D eigenvalue weighted by Crippen LogP contribution is -2.16. The van der Waals surface area contributed by atoms with Gasteiger partial charge in [0.15, 0.2) is 0 Å². The minimum Gasteiger partial charge on any atom is -0.397 e. The molecule has 0 aliphatic rings. The predicted octanol–water partition coefficient (Wildman–Crippen LogP) is 1.82. The van der Waals surface area contributed by atoms with Gasteiger partial charge in [-0.2, -0.15) is 0 Å². The highest BCUT2D eigenvalue weighted by Crippen LogP contribution is 2.32. The number of nitrogens with two attached hydrogens (primary N) is 2. The summed E-state index contributed by atoms with van der Waals surface area (Å²) in [6.07, 6.45) is 0. The molecule has 7 heteroatoms. The summed E-state index contributed by atoms with van der Waals surface area (Å²) in [5.41, 5.74) is 6.79. The molecule has 0 unspecified atom stereocenters. The molecule has 2 aromatic rings. The van der Waals surface area contributed by atoms with Crippen LogP contribution in [0.25, 0.3) is 0 Å². The van der Waals surface area contributed by atoms with Gasteiger partial charge in [-0.25, -0.2) is 17.9 Å². The molecule has 0 heterocycles. The number of halogens is 1. The van der Waals surface area contributed by atoms with E-state index in [-0.39, 0.29) is 10.6 Å². The maximum Gasteiger partial charge on any atom is 0.238 e. The largest absolute Gasteiger partial charge is 0.397 e. The summed E-state index contributed by atoms with van der Waals surface area (Å²) >= 11 is 0. The molecule has 2 aromatic carbocycles. The van der Waals surface area contributed by atoms with E-state index >= 15 is 0 Å². The van der Waals surface area contributed by atoms with Crippen molar-refractivity contribution >= 4 is 27.1 Å². The van der Waals surface area contributed by atoms with Crippen molar-refractivity contribution in [1.29, 1.82) is 0 Å². The molecule has 0 aromatic heterocycles. The van der Waals surface area contributed by atoms with E-state index < -0.39 is 15.8 Å². The number of benzene rings is 2. The standard InChI is InChI=1S/C13H14FN3O2S/c1-17(12-5-3-2-4-10(12)14)13-8-9(20(16,18)19)6-7-11(13)15/h2-8H,15H2,1H3,(H2,16,18,19). The maximum atomic E-state index is 13.8. The Hall–Kier alpha value is -2.12. The van der Waals surface area contributed by atoms with Crippen LogP contribution in [-0.2, 0) is 10.0 Å². The van der Waals surface area contributed by atoms with Gasteiger partial charge >= 0.3 is 0 Å². The van der Waals surface area contributed by atoms with Crippen LogP contribution in [0.3, 0.4) is 0 Å². The quantitative estimate of drug-likeness (QED) is 0.845. The number of para-hydroxylation sites is 1. The summed E-state index contributed by atoms with van der Waals surface area (Å²) in [4.78, 5) is 1.39. The maximum absolute atomic E-state index is 13.8. The number of rotatable bonds is 3. The van der Waals surface area contributed by atoms with Crippen LogP contribution in [0.1, 0.15) is 0 Å². The average molecular weight is 295 g/mol. The smallest absolute Gasteiger partial charge is 0.238 e. The van der Waals surface area contributed by atoms with Gasteiger partial charge in [0.1, 0.15) is 5.82 Å². The zero-order valence-corrected chi connectivity index (χ0v) is 11.6. The Balaban J connectivity index is 2.55. The monoisotopic (exact) mass is 295 g/mol. The van der Waals surface area contributed by atoms with Gasteiger partial charge in [0.2, 0.25) is 10.0 Å². The molecule has 0 aliphatic heterocycles. The summed E-state index contributed by atoms with van der Waals surface area (Å²) in [6, 6.07) is 10.2. The van der Waals surface area contributed by atoms with Crippen LogP contribution in [0.2, 0.25) is 0 Å². The van der Waals surface area contributed by atoms with Crippen LogP contribution in [0.4, 0.5) is 21.5 Å². The van der Waals surface area contributed by atoms with Crippen LogP contribution in [0.15, 0.2) is 47.4 Å². The van der Waals surface area contributed by atoms with Crippen molar-refractivity contribution in [1.82, 2.24) is 0 Å². The van der Waals surface area contributed by atoms with Crippen LogP contribution in [0.5, 0.6) is 0 Å². The Morgan fingerprint density at radius 1 is 1.10 bits per heavy atom. The number of nitrogen functional groups attached to an aromatic ring is 1. The molecule has 20 heavy (non-hydrogen) atoms. The summed E-state index contributed by atoms with van der Waals surface area (Å²) < 4.78 is 36.5. The fraction of sp³-hybridized carbons (Fsp3) is 0.0769. The second-order valence-electron chi connectivity index (χ2n) is 4.28. The highest BCUT2D eigenvalue weighted by atomic mass is 32.2. The van der Waals surface area contributed by atoms with E-state index in [1.165, 1.54) is 29.2 Å². The van der Waals surface area contributed by atoms with Gasteiger partial charge in [0.05, 0.1) is 22.0 Å². The molecule has 0 fully saturated rings. The first kappa shape index (κ1) is 14.3. The third-order valence-corrected chi connectivity index (χ3v) is 3.82. The van der Waals surface area contributed by atoms with Crippen molar-refractivity contribution in [2.24, 2.45) is 5.14 Å². The summed E-state index contributed by atoms with van der Waals surface area (Å²) in [6.45, 7) is 0. The topological polar surface area (TPSA) is 89.4 Å². The number of nitrogens with zero attached hydrogens (tertiary/aromatic N) is 1. The third kappa shape index (κ3) is 2.73. The fourth-order valence-corrected chi connectivity index (χ4v) is 2.38. The molecule has 0 radical (unpaired) electrons. The zero-order valence-electron chi connectivity index (χ0n) is 10.7. The van der Waals surface area contributed by atoms with Gasteiger partial charge < -0.3 is 10.6 Å². The van der Waals surface area contributed by atoms with Gasteiger partial charge in [0.25, 0.3) is 0 Å². The molecule has 5 nitrogen and oxygen atoms in total. The molecule has 0 amide bonds. The van der Waals surface area contributed by atoms with E-state index in [1.807, 2.05) is 0 Å². The molecule has 106 valence electrons. The minimum atomic E-state index is -3.84. The highest BCUT2D eigenvalue weighted by Gasteiger charge is 2.15. The van der Waals surface area contributed by atoms with E-state index in [4.69, 9.17) is 10.9 Å². The Labute approximate surface area is 116 Å². The molecule has 0 aliphatic carbocycles. The van der Waals surface area contributed by atoms with Crippen molar-refractivity contribution in [2.45, 2.75) is 4.90 Å². The van der Waals surface area contributed by atoms with Crippen LogP contribution < -0.4 is 15.8 Å². The third-order valence-electron chi connectivity index (χ3n) is 2.91. The number of primary sulfonamides is 1. The van der Waals surface area contributed by atoms with E-state index in [0.717, 1.165) is 0 Å². The molecule has 2 rings (SSSR count). The lowest BCUT2D eigenvalue weighted by atomic mass is 10.2. The average Bonchev–Trinajstić information content (AvgIpc) is 2.37. The highest BCUT2D eigenvalue weighted by molar-refractivity contribution is 7.89. The Morgan fingerprint density at radius 3 is 2.35 bits per heavy atom. The lowest BCUT2D eigenvalue weighted by molar-refractivity contribution is 0.598. The zero-order chi connectivity index (χ0) is 14.9. The van der Waals surface area contributed by atoms with Gasteiger partial charge in [-0.1, -0.05) is 12.1 Å². The molecule has 0 bridgehead atoms. The second kappa shape index (κ2) is 5.10. The summed E-state index contributed by atoms with van der Waals surface area (Å²) in [7, 11) is -2.25. The lowest BCUT2D eigenvalue weighted by Gasteiger charge is -2.22. The van der Waals surface area contributed by atoms with Gasteiger partial charge in [-0.3, -0.25) is 0 Å². The molecule has 4 N–H and O–H groups in total. The molecule has 0 saturated heterocycles. The van der Waals surface area contributed by atoms with Gasteiger partial charge in [0, 0.05) is 7.05 Å². The molecule has 0 atom stereocenters. The van der Waals surface area contributed by atoms with Crippen molar-refractivity contribution < 1.29 is 12.8 Å². The first-order valence-electron chi connectivity index (χ1n) is 5.71. The number of hydrogen-bond acceptors (Lipinski definition) is 4. The van der Waals surface area contributed by atoms with Crippen LogP contribution >= 0.6 is 0 Å². The summed E-state index contributed by atoms with van der Waals surface area (Å²) in [5.74, 6) is -0.435. The number of sulfonamides is 1. The Kier molecular flexibility index (Phi) is 3.65. The molecular formula is C13H14FN3O2S. The number of hydrogen-bond donors (Lipinski definition) is 2. The van der Waals surface area contributed by atoms with Gasteiger partial charge in [-0.15, -0.1) is 0 Å². The molecular weight excluding hydrogens is 281 g/mol. The van der Waals surface area contributed by atoms with Crippen molar-refractivity contribution in [2.75, 3.05) is 17.7 Å². The van der Waals surface area contributed by atoms with E-state index in [2.05, 4.69) is 0 Å². The van der Waals surface area contributed by atoms with Crippen LogP contribution in [0, 0.1) is 5.82 Å². The molecule has 0 saturated carbocycles. The van der Waals surface area contributed by atoms with Gasteiger partial charge in [-0.05, 0) is 30.3 Å². The second-order valence-corrected chi connectivity index (χ2v) is 5.84. The Morgan fingerprint density at radius 2 is 1.75 bits per heavy atom. The predicted molar refractivity (Wildman–Crippen MR) is 76.7 cm³/mol. The van der Waals surface area contributed by atoms with E-state index in [9.17, 15) is 12.8 Å². The molecule has 0 spiro atoms. The van der Waals surface area contributed by atoms with Crippen molar-refractivity contribution in [3.8, 4) is 0 Å². The normalized spacial score (nSPS) is 11.3. The van der Waals surface area contributed by atoms with E-state index in [0.29, 0.717) is 11.4 Å². The van der Waals surface area contributed by atoms with Crippen LogP contribution in [-0.4, -0.2) is 15.5 Å².